The van der Waals surface area contributed by atoms with E-state index in [2.05, 4.69) is 15.0 Å². The highest BCUT2D eigenvalue weighted by Crippen LogP contribution is 2.30. The molecule has 1 aliphatic heterocycles. The van der Waals surface area contributed by atoms with E-state index >= 15 is 0 Å². The molecule has 0 amide bonds. The first kappa shape index (κ1) is 26.6. The van der Waals surface area contributed by atoms with Gasteiger partial charge in [0.25, 0.3) is 5.56 Å². The van der Waals surface area contributed by atoms with Crippen LogP contribution in [0.3, 0.4) is 0 Å². The number of hydrogen-bond donors (Lipinski definition) is 1. The van der Waals surface area contributed by atoms with Crippen LogP contribution in [-0.2, 0) is 22.9 Å². The van der Waals surface area contributed by atoms with Crippen LogP contribution in [-0.4, -0.2) is 61.2 Å². The van der Waals surface area contributed by atoms with Crippen molar-refractivity contribution >= 4 is 20.7 Å². The molecule has 1 aromatic heterocycles. The number of rotatable bonds is 7. The van der Waals surface area contributed by atoms with Gasteiger partial charge in [-0.05, 0) is 35.9 Å². The summed E-state index contributed by atoms with van der Waals surface area (Å²) >= 11 is 0. The van der Waals surface area contributed by atoms with Gasteiger partial charge in [-0.3, -0.25) is 14.3 Å². The molecule has 196 valence electrons. The second kappa shape index (κ2) is 10.5. The SMILES string of the molecule is CCS(=O)(=O)c1ccc(C#N)cc1Cn1cnc2cc(CN3CCNCC3)c(OC(F)(F)F)cc2c1=O. The van der Waals surface area contributed by atoms with Crippen molar-refractivity contribution in [2.45, 2.75) is 31.3 Å². The normalized spacial score (nSPS) is 15.0. The summed E-state index contributed by atoms with van der Waals surface area (Å²) in [6.45, 7) is 4.11. The number of nitrogens with zero attached hydrogens (tertiary/aromatic N) is 4. The Bertz CT molecular complexity index is 1520. The summed E-state index contributed by atoms with van der Waals surface area (Å²) in [5.41, 5.74) is 0.159. The minimum Gasteiger partial charge on any atom is -0.405 e. The Hall–Kier alpha value is -3.47. The zero-order valence-electron chi connectivity index (χ0n) is 19.9. The zero-order valence-corrected chi connectivity index (χ0v) is 20.7. The van der Waals surface area contributed by atoms with Crippen LogP contribution in [0.25, 0.3) is 10.9 Å². The number of piperazine rings is 1. The molecule has 2 heterocycles. The van der Waals surface area contributed by atoms with Gasteiger partial charge in [0.1, 0.15) is 5.75 Å². The first-order chi connectivity index (χ1) is 17.5. The van der Waals surface area contributed by atoms with Crippen LogP contribution in [0.4, 0.5) is 13.2 Å². The molecule has 2 aromatic carbocycles. The topological polar surface area (TPSA) is 117 Å². The molecule has 37 heavy (non-hydrogen) atoms. The van der Waals surface area contributed by atoms with E-state index in [4.69, 9.17) is 0 Å². The highest BCUT2D eigenvalue weighted by Gasteiger charge is 2.33. The fraction of sp³-hybridized carbons (Fsp3) is 0.375. The van der Waals surface area contributed by atoms with E-state index in [9.17, 15) is 31.6 Å². The monoisotopic (exact) mass is 535 g/mol. The fourth-order valence-electron chi connectivity index (χ4n) is 4.21. The Labute approximate surface area is 211 Å². The van der Waals surface area contributed by atoms with Crippen LogP contribution < -0.4 is 15.6 Å². The largest absolute Gasteiger partial charge is 0.573 e. The van der Waals surface area contributed by atoms with E-state index in [1.54, 1.807) is 0 Å². The lowest BCUT2D eigenvalue weighted by Crippen LogP contribution is -2.43. The quantitative estimate of drug-likeness (QED) is 0.490. The first-order valence-corrected chi connectivity index (χ1v) is 13.1. The predicted molar refractivity (Wildman–Crippen MR) is 129 cm³/mol. The Morgan fingerprint density at radius 1 is 1.14 bits per heavy atom. The van der Waals surface area contributed by atoms with Crippen LogP contribution in [0.2, 0.25) is 0 Å². The molecule has 0 radical (unpaired) electrons. The molecule has 0 saturated carbocycles. The van der Waals surface area contributed by atoms with E-state index in [1.165, 1.54) is 37.5 Å². The molecular weight excluding hydrogens is 511 g/mol. The van der Waals surface area contributed by atoms with E-state index in [-0.39, 0.29) is 51.3 Å². The van der Waals surface area contributed by atoms with Crippen LogP contribution in [0.15, 0.2) is 46.3 Å². The van der Waals surface area contributed by atoms with E-state index in [0.29, 0.717) is 26.2 Å². The van der Waals surface area contributed by atoms with Crippen molar-refractivity contribution in [3.8, 4) is 11.8 Å². The van der Waals surface area contributed by atoms with Crippen molar-refractivity contribution in [1.82, 2.24) is 19.8 Å². The number of aromatic nitrogens is 2. The van der Waals surface area contributed by atoms with Gasteiger partial charge in [0.05, 0.1) is 46.1 Å². The molecule has 3 aromatic rings. The average molecular weight is 536 g/mol. The minimum atomic E-state index is -4.96. The summed E-state index contributed by atoms with van der Waals surface area (Å²) < 4.78 is 70.1. The lowest BCUT2D eigenvalue weighted by atomic mass is 10.1. The van der Waals surface area contributed by atoms with Crippen LogP contribution in [0.5, 0.6) is 5.75 Å². The molecule has 0 unspecified atom stereocenters. The summed E-state index contributed by atoms with van der Waals surface area (Å²) in [5.74, 6) is -0.680. The third-order valence-corrected chi connectivity index (χ3v) is 7.91. The Morgan fingerprint density at radius 3 is 2.51 bits per heavy atom. The molecule has 1 saturated heterocycles. The molecule has 0 atom stereocenters. The van der Waals surface area contributed by atoms with Crippen LogP contribution >= 0.6 is 0 Å². The average Bonchev–Trinajstić information content (AvgIpc) is 2.86. The summed E-state index contributed by atoms with van der Waals surface area (Å²) in [6.07, 6.45) is -3.75. The lowest BCUT2D eigenvalue weighted by molar-refractivity contribution is -0.274. The Balaban J connectivity index is 1.79. The smallest absolute Gasteiger partial charge is 0.405 e. The third-order valence-electron chi connectivity index (χ3n) is 6.08. The van der Waals surface area contributed by atoms with Gasteiger partial charge in [-0.1, -0.05) is 6.92 Å². The van der Waals surface area contributed by atoms with Crippen molar-refractivity contribution < 1.29 is 26.3 Å². The van der Waals surface area contributed by atoms with Gasteiger partial charge in [0, 0.05) is 38.3 Å². The van der Waals surface area contributed by atoms with Crippen molar-refractivity contribution in [2.75, 3.05) is 31.9 Å². The Morgan fingerprint density at radius 2 is 1.86 bits per heavy atom. The number of alkyl halides is 3. The summed E-state index contributed by atoms with van der Waals surface area (Å²) in [4.78, 5) is 19.5. The minimum absolute atomic E-state index is 0.0338. The highest BCUT2D eigenvalue weighted by atomic mass is 32.2. The maximum Gasteiger partial charge on any atom is 0.573 e. The molecule has 4 rings (SSSR count). The third kappa shape index (κ3) is 6.10. The summed E-state index contributed by atoms with van der Waals surface area (Å²) in [7, 11) is -3.68. The van der Waals surface area contributed by atoms with Crippen molar-refractivity contribution in [3.05, 3.63) is 63.7 Å². The van der Waals surface area contributed by atoms with Crippen LogP contribution in [0.1, 0.15) is 23.6 Å². The lowest BCUT2D eigenvalue weighted by Gasteiger charge is -2.28. The fourth-order valence-corrected chi connectivity index (χ4v) is 5.32. The first-order valence-electron chi connectivity index (χ1n) is 11.5. The van der Waals surface area contributed by atoms with Gasteiger partial charge in [-0.15, -0.1) is 13.2 Å². The molecule has 1 aliphatic rings. The number of ether oxygens (including phenoxy) is 1. The van der Waals surface area contributed by atoms with Crippen LogP contribution in [0, 0.1) is 11.3 Å². The molecule has 1 fully saturated rings. The number of sulfone groups is 1. The maximum absolute atomic E-state index is 13.3. The number of benzene rings is 2. The van der Waals surface area contributed by atoms with Gasteiger partial charge < -0.3 is 10.1 Å². The molecule has 9 nitrogen and oxygen atoms in total. The summed E-state index contributed by atoms with van der Waals surface area (Å²) in [5, 5.41) is 12.3. The molecule has 0 aliphatic carbocycles. The molecular formula is C24H24F3N5O4S. The van der Waals surface area contributed by atoms with Crippen molar-refractivity contribution in [1.29, 1.82) is 5.26 Å². The number of fused-ring (bicyclic) bond motifs is 1. The van der Waals surface area contributed by atoms with E-state index < -0.39 is 27.5 Å². The number of nitrogens with one attached hydrogen (secondary N) is 1. The van der Waals surface area contributed by atoms with E-state index in [1.807, 2.05) is 11.0 Å². The Kier molecular flexibility index (Phi) is 7.54. The number of hydrogen-bond acceptors (Lipinski definition) is 8. The highest BCUT2D eigenvalue weighted by molar-refractivity contribution is 7.91. The van der Waals surface area contributed by atoms with Gasteiger partial charge >= 0.3 is 6.36 Å². The predicted octanol–water partition coefficient (Wildman–Crippen LogP) is 2.41. The van der Waals surface area contributed by atoms with Gasteiger partial charge in [0.15, 0.2) is 9.84 Å². The molecule has 0 spiro atoms. The maximum atomic E-state index is 13.3. The second-order valence-corrected chi connectivity index (χ2v) is 10.8. The van der Waals surface area contributed by atoms with Crippen molar-refractivity contribution in [3.63, 3.8) is 0 Å². The van der Waals surface area contributed by atoms with Gasteiger partial charge in [-0.25, -0.2) is 13.4 Å². The van der Waals surface area contributed by atoms with Gasteiger partial charge in [0.2, 0.25) is 0 Å². The molecule has 1 N–H and O–H groups in total. The summed E-state index contributed by atoms with van der Waals surface area (Å²) in [6, 6.07) is 8.42. The molecule has 13 heteroatoms. The standard InChI is InChI=1S/C24H24F3N5O4S/c1-2-37(34,35)22-4-3-16(12-28)9-18(22)14-32-15-30-20-10-17(13-31-7-5-29-6-8-31)21(36-24(25,26)27)11-19(20)23(32)33/h3-4,9-11,15,29H,2,5-8,13-14H2,1H3. The second-order valence-electron chi connectivity index (χ2n) is 8.57. The number of halogens is 3. The molecule has 0 bridgehead atoms. The van der Waals surface area contributed by atoms with Gasteiger partial charge in [-0.2, -0.15) is 5.26 Å². The number of nitriles is 1. The van der Waals surface area contributed by atoms with E-state index in [0.717, 1.165) is 10.6 Å². The van der Waals surface area contributed by atoms with Crippen molar-refractivity contribution in [2.24, 2.45) is 0 Å². The zero-order chi connectivity index (χ0) is 26.8.